The van der Waals surface area contributed by atoms with Crippen LogP contribution >= 0.6 is 34.4 Å². The molecule has 0 fully saturated rings. The molecule has 0 radical (unpaired) electrons. The first-order valence-corrected chi connectivity index (χ1v) is 10.8. The van der Waals surface area contributed by atoms with E-state index in [-0.39, 0.29) is 0 Å². The summed E-state index contributed by atoms with van der Waals surface area (Å²) in [5.74, 6) is 1.92. The fourth-order valence-corrected chi connectivity index (χ4v) is 3.70. The summed E-state index contributed by atoms with van der Waals surface area (Å²) in [6, 6.07) is 6.31. The van der Waals surface area contributed by atoms with Crippen LogP contribution in [0.4, 0.5) is 0 Å². The van der Waals surface area contributed by atoms with Crippen LogP contribution in [0.25, 0.3) is 0 Å². The van der Waals surface area contributed by atoms with Crippen molar-refractivity contribution in [3.63, 3.8) is 0 Å². The molecule has 0 saturated carbocycles. The molecule has 0 spiro atoms. The summed E-state index contributed by atoms with van der Waals surface area (Å²) in [6.07, 6.45) is 1.85. The Labute approximate surface area is 158 Å². The minimum atomic E-state index is 0.584. The van der Waals surface area contributed by atoms with Crippen LogP contribution in [0.3, 0.4) is 0 Å². The Bertz CT molecular complexity index is 519. The molecule has 3 aromatic heterocycles. The molecule has 24 heavy (non-hydrogen) atoms. The Morgan fingerprint density at radius 3 is 1.83 bits per heavy atom. The van der Waals surface area contributed by atoms with Crippen molar-refractivity contribution in [2.45, 2.75) is 59.3 Å². The van der Waals surface area contributed by atoms with Crippen molar-refractivity contribution in [1.82, 2.24) is 8.75 Å². The van der Waals surface area contributed by atoms with Crippen LogP contribution < -0.4 is 0 Å². The van der Waals surface area contributed by atoms with E-state index in [0.29, 0.717) is 17.8 Å². The predicted octanol–water partition coefficient (Wildman–Crippen LogP) is 7.40. The fraction of sp³-hybridized carbons (Fsp3) is 0.474. The van der Waals surface area contributed by atoms with Gasteiger partial charge in [-0.1, -0.05) is 41.5 Å². The maximum Gasteiger partial charge on any atom is 0.0567 e. The number of aromatic nitrogens is 2. The van der Waals surface area contributed by atoms with E-state index < -0.39 is 0 Å². The zero-order valence-electron chi connectivity index (χ0n) is 15.4. The minimum Gasteiger partial charge on any atom is -0.201 e. The van der Waals surface area contributed by atoms with Gasteiger partial charge in [0.15, 0.2) is 0 Å². The van der Waals surface area contributed by atoms with E-state index in [1.165, 1.54) is 27.7 Å². The highest BCUT2D eigenvalue weighted by atomic mass is 32.1. The third-order valence-electron chi connectivity index (χ3n) is 3.29. The Hall–Kier alpha value is -1.04. The molecular weight excluding hydrogens is 352 g/mol. The molecule has 0 aliphatic carbocycles. The number of hydrogen-bond donors (Lipinski definition) is 0. The van der Waals surface area contributed by atoms with Gasteiger partial charge in [0.05, 0.1) is 5.69 Å². The summed E-state index contributed by atoms with van der Waals surface area (Å²) in [7, 11) is 0. The third kappa shape index (κ3) is 8.18. The Kier molecular flexibility index (Phi) is 10.1. The van der Waals surface area contributed by atoms with E-state index in [2.05, 4.69) is 79.2 Å². The lowest BCUT2D eigenvalue weighted by atomic mass is 10.1. The van der Waals surface area contributed by atoms with Gasteiger partial charge >= 0.3 is 0 Å². The second kappa shape index (κ2) is 11.5. The van der Waals surface area contributed by atoms with Gasteiger partial charge < -0.3 is 0 Å². The average Bonchev–Trinajstić information content (AvgIpc) is 3.29. The molecule has 3 aromatic rings. The second-order valence-corrected chi connectivity index (χ2v) is 8.67. The Balaban J connectivity index is 0.000000180. The minimum absolute atomic E-state index is 0.584. The molecule has 0 aliphatic heterocycles. The second-order valence-electron chi connectivity index (χ2n) is 6.36. The van der Waals surface area contributed by atoms with Crippen LogP contribution in [-0.2, 0) is 0 Å². The van der Waals surface area contributed by atoms with Gasteiger partial charge in [-0.3, -0.25) is 0 Å². The van der Waals surface area contributed by atoms with Crippen LogP contribution in [0.1, 0.15) is 75.4 Å². The van der Waals surface area contributed by atoms with E-state index in [0.717, 1.165) is 0 Å². The molecule has 2 nitrogen and oxygen atoms in total. The van der Waals surface area contributed by atoms with Crippen molar-refractivity contribution in [3.8, 4) is 0 Å². The molecule has 3 heterocycles. The smallest absolute Gasteiger partial charge is 0.0567 e. The molecule has 0 amide bonds. The molecule has 3 rings (SSSR count). The molecule has 0 N–H and O–H groups in total. The van der Waals surface area contributed by atoms with Crippen molar-refractivity contribution in [1.29, 1.82) is 0 Å². The van der Waals surface area contributed by atoms with Gasteiger partial charge in [-0.2, -0.15) is 15.7 Å². The van der Waals surface area contributed by atoms with Crippen molar-refractivity contribution in [3.05, 3.63) is 56.7 Å². The molecule has 0 saturated heterocycles. The van der Waals surface area contributed by atoms with Crippen LogP contribution in [0.5, 0.6) is 0 Å². The van der Waals surface area contributed by atoms with Crippen LogP contribution in [0.15, 0.2) is 40.5 Å². The summed E-state index contributed by atoms with van der Waals surface area (Å²) in [6.45, 7) is 13.1. The van der Waals surface area contributed by atoms with Gasteiger partial charge in [0.1, 0.15) is 0 Å². The number of thiophene rings is 1. The van der Waals surface area contributed by atoms with Crippen LogP contribution in [0.2, 0.25) is 0 Å². The molecule has 132 valence electrons. The molecule has 0 atom stereocenters. The number of hydrogen-bond acceptors (Lipinski definition) is 5. The lowest BCUT2D eigenvalue weighted by molar-refractivity contribution is 0.841. The summed E-state index contributed by atoms with van der Waals surface area (Å²) in [4.78, 5) is 1.37. The quantitative estimate of drug-likeness (QED) is 0.473. The Morgan fingerprint density at radius 2 is 1.58 bits per heavy atom. The zero-order valence-corrected chi connectivity index (χ0v) is 17.8. The van der Waals surface area contributed by atoms with E-state index in [4.69, 9.17) is 0 Å². The predicted molar refractivity (Wildman–Crippen MR) is 111 cm³/mol. The topological polar surface area (TPSA) is 25.8 Å². The van der Waals surface area contributed by atoms with Gasteiger partial charge in [-0.15, -0.1) is 0 Å². The van der Waals surface area contributed by atoms with E-state index in [9.17, 15) is 0 Å². The first-order valence-electron chi connectivity index (χ1n) is 8.24. The standard InChI is InChI=1S/C7H10S.2C6H9NS/c1-6(2)7-3-4-8-5-7;1-5(2)6-3-4-8-7-6;1-5(2)6-3-4-7-8-6/h3-6H,1-2H3;2*3-5H,1-2H3. The summed E-state index contributed by atoms with van der Waals surface area (Å²) in [5, 5.41) is 6.33. The molecule has 0 aliphatic rings. The zero-order chi connectivity index (χ0) is 17.9. The van der Waals surface area contributed by atoms with E-state index in [1.54, 1.807) is 22.9 Å². The van der Waals surface area contributed by atoms with E-state index in [1.807, 2.05) is 11.6 Å². The SMILES string of the molecule is CC(C)c1ccns1.CC(C)c1ccsc1.CC(C)c1ccsn1. The lowest BCUT2D eigenvalue weighted by Crippen LogP contribution is -1.83. The van der Waals surface area contributed by atoms with Crippen molar-refractivity contribution in [2.24, 2.45) is 0 Å². The summed E-state index contributed by atoms with van der Waals surface area (Å²) >= 11 is 4.87. The van der Waals surface area contributed by atoms with Gasteiger partial charge in [-0.25, -0.2) is 4.37 Å². The Morgan fingerprint density at radius 1 is 0.833 bits per heavy atom. The third-order valence-corrected chi connectivity index (χ3v) is 5.61. The highest BCUT2D eigenvalue weighted by Gasteiger charge is 1.98. The van der Waals surface area contributed by atoms with Gasteiger partial charge in [0, 0.05) is 16.5 Å². The van der Waals surface area contributed by atoms with Gasteiger partial charge in [0.25, 0.3) is 0 Å². The van der Waals surface area contributed by atoms with Crippen molar-refractivity contribution >= 4 is 34.4 Å². The van der Waals surface area contributed by atoms with E-state index >= 15 is 0 Å². The average molecular weight is 381 g/mol. The van der Waals surface area contributed by atoms with Crippen molar-refractivity contribution < 1.29 is 0 Å². The fourth-order valence-electron chi connectivity index (χ4n) is 1.65. The first-order chi connectivity index (χ1) is 11.4. The lowest BCUT2D eigenvalue weighted by Gasteiger charge is -1.96. The van der Waals surface area contributed by atoms with Crippen LogP contribution in [-0.4, -0.2) is 8.75 Å². The molecule has 0 bridgehead atoms. The number of rotatable bonds is 3. The number of nitrogens with zero attached hydrogens (tertiary/aromatic N) is 2. The van der Waals surface area contributed by atoms with Crippen molar-refractivity contribution in [2.75, 3.05) is 0 Å². The molecule has 5 heteroatoms. The largest absolute Gasteiger partial charge is 0.201 e. The molecule has 0 unspecified atom stereocenters. The summed E-state index contributed by atoms with van der Waals surface area (Å²) in [5.41, 5.74) is 2.66. The molecular formula is C19H28N2S3. The maximum atomic E-state index is 4.16. The monoisotopic (exact) mass is 380 g/mol. The molecule has 0 aromatic carbocycles. The van der Waals surface area contributed by atoms with Gasteiger partial charge in [-0.05, 0) is 75.3 Å². The maximum absolute atomic E-state index is 4.16. The first kappa shape index (κ1) is 21.0. The normalized spacial score (nSPS) is 10.4. The highest BCUT2D eigenvalue weighted by Crippen LogP contribution is 2.17. The van der Waals surface area contributed by atoms with Crippen LogP contribution in [0, 0.1) is 0 Å². The highest BCUT2D eigenvalue weighted by molar-refractivity contribution is 7.08. The summed E-state index contributed by atoms with van der Waals surface area (Å²) < 4.78 is 8.14. The van der Waals surface area contributed by atoms with Gasteiger partial charge in [0.2, 0.25) is 0 Å².